The van der Waals surface area contributed by atoms with Crippen molar-refractivity contribution in [1.29, 1.82) is 0 Å². The monoisotopic (exact) mass is 287 g/mol. The third-order valence-electron chi connectivity index (χ3n) is 4.28. The molecule has 5 nitrogen and oxygen atoms in total. The van der Waals surface area contributed by atoms with Crippen molar-refractivity contribution in [2.75, 3.05) is 5.32 Å². The van der Waals surface area contributed by atoms with E-state index < -0.39 is 0 Å². The maximum atomic E-state index is 12.3. The number of rotatable bonds is 3. The van der Waals surface area contributed by atoms with Gasteiger partial charge in [0.2, 0.25) is 5.91 Å². The number of fused-ring (bicyclic) bond motifs is 2. The maximum Gasteiger partial charge on any atom is 0.251 e. The van der Waals surface area contributed by atoms with Gasteiger partial charge in [-0.1, -0.05) is 0 Å². The quantitative estimate of drug-likeness (QED) is 0.792. The van der Waals surface area contributed by atoms with Crippen LogP contribution in [0.5, 0.6) is 0 Å². The second-order valence-corrected chi connectivity index (χ2v) is 6.04. The summed E-state index contributed by atoms with van der Waals surface area (Å²) >= 11 is 0. The molecule has 2 bridgehead atoms. The number of carbonyl (C=O) groups excluding carboxylic acids is 2. The van der Waals surface area contributed by atoms with Crippen LogP contribution in [0.25, 0.3) is 0 Å². The lowest BCUT2D eigenvalue weighted by Crippen LogP contribution is -2.48. The van der Waals surface area contributed by atoms with E-state index in [1.807, 2.05) is 0 Å². The molecule has 0 aliphatic carbocycles. The number of carbonyl (C=O) groups is 2. The van der Waals surface area contributed by atoms with Gasteiger partial charge in [0.1, 0.15) is 0 Å². The molecule has 0 spiro atoms. The zero-order chi connectivity index (χ0) is 14.8. The van der Waals surface area contributed by atoms with Crippen molar-refractivity contribution in [3.05, 3.63) is 29.8 Å². The van der Waals surface area contributed by atoms with Crippen LogP contribution in [0.2, 0.25) is 0 Å². The first-order chi connectivity index (χ1) is 10.1. The fraction of sp³-hybridized carbons (Fsp3) is 0.500. The van der Waals surface area contributed by atoms with Crippen LogP contribution in [0.4, 0.5) is 5.69 Å². The highest BCUT2D eigenvalue weighted by Gasteiger charge is 2.34. The van der Waals surface area contributed by atoms with Crippen LogP contribution in [0.15, 0.2) is 24.3 Å². The summed E-state index contributed by atoms with van der Waals surface area (Å²) in [6.07, 6.45) is 4.49. The fourth-order valence-electron chi connectivity index (χ4n) is 3.35. The number of hydrogen-bond acceptors (Lipinski definition) is 3. The molecule has 2 heterocycles. The van der Waals surface area contributed by atoms with Crippen LogP contribution in [0.3, 0.4) is 0 Å². The van der Waals surface area contributed by atoms with Crippen LogP contribution in [0.1, 0.15) is 43.0 Å². The van der Waals surface area contributed by atoms with Gasteiger partial charge in [-0.15, -0.1) is 0 Å². The van der Waals surface area contributed by atoms with E-state index in [0.29, 0.717) is 23.3 Å². The molecule has 2 unspecified atom stereocenters. The van der Waals surface area contributed by atoms with Crippen molar-refractivity contribution >= 4 is 17.5 Å². The Labute approximate surface area is 124 Å². The molecular weight excluding hydrogens is 266 g/mol. The minimum absolute atomic E-state index is 0.0318. The van der Waals surface area contributed by atoms with Crippen molar-refractivity contribution < 1.29 is 9.59 Å². The van der Waals surface area contributed by atoms with E-state index in [2.05, 4.69) is 16.0 Å². The molecule has 2 aliphatic heterocycles. The van der Waals surface area contributed by atoms with Gasteiger partial charge in [0.05, 0.1) is 0 Å². The maximum absolute atomic E-state index is 12.3. The molecule has 0 aromatic heterocycles. The topological polar surface area (TPSA) is 70.2 Å². The molecule has 0 radical (unpaired) electrons. The van der Waals surface area contributed by atoms with E-state index in [0.717, 1.165) is 12.8 Å². The van der Waals surface area contributed by atoms with Crippen LogP contribution < -0.4 is 16.0 Å². The molecule has 3 N–H and O–H groups in total. The molecule has 0 saturated carbocycles. The van der Waals surface area contributed by atoms with E-state index >= 15 is 0 Å². The lowest BCUT2D eigenvalue weighted by Gasteiger charge is -2.29. The summed E-state index contributed by atoms with van der Waals surface area (Å²) in [7, 11) is 0. The molecular formula is C16H21N3O2. The lowest BCUT2D eigenvalue weighted by molar-refractivity contribution is -0.114. The fourth-order valence-corrected chi connectivity index (χ4v) is 3.35. The number of hydrogen-bond donors (Lipinski definition) is 3. The summed E-state index contributed by atoms with van der Waals surface area (Å²) in [4.78, 5) is 23.2. The van der Waals surface area contributed by atoms with E-state index in [9.17, 15) is 9.59 Å². The molecule has 112 valence electrons. The summed E-state index contributed by atoms with van der Waals surface area (Å²) in [5, 5.41) is 9.39. The van der Waals surface area contributed by atoms with Gasteiger partial charge in [0.25, 0.3) is 5.91 Å². The third-order valence-corrected chi connectivity index (χ3v) is 4.28. The minimum atomic E-state index is -0.114. The summed E-state index contributed by atoms with van der Waals surface area (Å²) < 4.78 is 0. The normalized spacial score (nSPS) is 27.2. The molecule has 21 heavy (non-hydrogen) atoms. The van der Waals surface area contributed by atoms with Gasteiger partial charge in [-0.3, -0.25) is 9.59 Å². The Kier molecular flexibility index (Phi) is 3.92. The van der Waals surface area contributed by atoms with Gasteiger partial charge >= 0.3 is 0 Å². The van der Waals surface area contributed by atoms with Crippen LogP contribution in [0, 0.1) is 0 Å². The van der Waals surface area contributed by atoms with E-state index in [1.54, 1.807) is 24.3 Å². The van der Waals surface area contributed by atoms with Crippen molar-refractivity contribution in [2.24, 2.45) is 0 Å². The molecule has 1 aromatic rings. The predicted octanol–water partition coefficient (Wildman–Crippen LogP) is 1.66. The Bertz CT molecular complexity index is 529. The largest absolute Gasteiger partial charge is 0.349 e. The summed E-state index contributed by atoms with van der Waals surface area (Å²) in [6.45, 7) is 1.46. The average Bonchev–Trinajstić information content (AvgIpc) is 2.78. The van der Waals surface area contributed by atoms with Crippen LogP contribution in [-0.2, 0) is 4.79 Å². The van der Waals surface area contributed by atoms with E-state index in [-0.39, 0.29) is 17.9 Å². The Morgan fingerprint density at radius 1 is 1.10 bits per heavy atom. The van der Waals surface area contributed by atoms with Crippen molar-refractivity contribution in [3.8, 4) is 0 Å². The van der Waals surface area contributed by atoms with E-state index in [4.69, 9.17) is 0 Å². The summed E-state index contributed by atoms with van der Waals surface area (Å²) in [5.74, 6) is -0.145. The SMILES string of the molecule is CC(=O)Nc1ccc(C(=O)NC2CC3CCC(C2)N3)cc1. The Hall–Kier alpha value is -1.88. The van der Waals surface area contributed by atoms with Crippen LogP contribution >= 0.6 is 0 Å². The Morgan fingerprint density at radius 2 is 1.71 bits per heavy atom. The number of nitrogens with one attached hydrogen (secondary N) is 3. The molecule has 2 saturated heterocycles. The number of anilines is 1. The van der Waals surface area contributed by atoms with Gasteiger partial charge in [0, 0.05) is 36.3 Å². The zero-order valence-electron chi connectivity index (χ0n) is 12.2. The van der Waals surface area contributed by atoms with Crippen molar-refractivity contribution in [1.82, 2.24) is 10.6 Å². The molecule has 2 fully saturated rings. The highest BCUT2D eigenvalue weighted by Crippen LogP contribution is 2.26. The molecule has 5 heteroatoms. The van der Waals surface area contributed by atoms with Crippen molar-refractivity contribution in [3.63, 3.8) is 0 Å². The average molecular weight is 287 g/mol. The minimum Gasteiger partial charge on any atom is -0.349 e. The Balaban J connectivity index is 1.59. The van der Waals surface area contributed by atoms with E-state index in [1.165, 1.54) is 19.8 Å². The second-order valence-electron chi connectivity index (χ2n) is 6.04. The molecule has 1 aromatic carbocycles. The molecule has 2 atom stereocenters. The number of amides is 2. The first-order valence-corrected chi connectivity index (χ1v) is 7.55. The van der Waals surface area contributed by atoms with Gasteiger partial charge < -0.3 is 16.0 Å². The first-order valence-electron chi connectivity index (χ1n) is 7.55. The highest BCUT2D eigenvalue weighted by molar-refractivity contribution is 5.95. The van der Waals surface area contributed by atoms with Gasteiger partial charge in [0.15, 0.2) is 0 Å². The zero-order valence-corrected chi connectivity index (χ0v) is 12.2. The summed E-state index contributed by atoms with van der Waals surface area (Å²) in [5.41, 5.74) is 1.34. The predicted molar refractivity (Wildman–Crippen MR) is 81.2 cm³/mol. The molecule has 2 aliphatic rings. The molecule has 3 rings (SSSR count). The van der Waals surface area contributed by atoms with Crippen molar-refractivity contribution in [2.45, 2.75) is 50.7 Å². The third kappa shape index (κ3) is 3.42. The second kappa shape index (κ2) is 5.85. The smallest absolute Gasteiger partial charge is 0.251 e. The van der Waals surface area contributed by atoms with Crippen LogP contribution in [-0.4, -0.2) is 29.9 Å². The highest BCUT2D eigenvalue weighted by atomic mass is 16.2. The van der Waals surface area contributed by atoms with Gasteiger partial charge in [-0.25, -0.2) is 0 Å². The summed E-state index contributed by atoms with van der Waals surface area (Å²) in [6, 6.07) is 8.40. The standard InChI is InChI=1S/C16H21N3O2/c1-10(20)17-12-4-2-11(3-5-12)16(21)19-15-8-13-6-7-14(9-15)18-13/h2-5,13-15,18H,6-9H2,1H3,(H,17,20)(H,19,21). The Morgan fingerprint density at radius 3 is 2.29 bits per heavy atom. The van der Waals surface area contributed by atoms with Gasteiger partial charge in [-0.05, 0) is 49.9 Å². The first kappa shape index (κ1) is 14.1. The number of benzene rings is 1. The van der Waals surface area contributed by atoms with Gasteiger partial charge in [-0.2, -0.15) is 0 Å². The number of piperidine rings is 1. The molecule has 2 amide bonds. The lowest BCUT2D eigenvalue weighted by atomic mass is 9.99.